The van der Waals surface area contributed by atoms with Crippen LogP contribution in [0, 0.1) is 0 Å². The summed E-state index contributed by atoms with van der Waals surface area (Å²) in [5.74, 6) is 0.898. The molecule has 1 aliphatic heterocycles. The van der Waals surface area contributed by atoms with Crippen LogP contribution in [0.1, 0.15) is 11.8 Å². The van der Waals surface area contributed by atoms with Crippen LogP contribution in [0.2, 0.25) is 0 Å². The zero-order valence-electron chi connectivity index (χ0n) is 26.3. The van der Waals surface area contributed by atoms with Gasteiger partial charge in [0.25, 0.3) is 0 Å². The van der Waals surface area contributed by atoms with Crippen molar-refractivity contribution in [2.45, 2.75) is 6.23 Å². The number of nitrogens with zero attached hydrogens (tertiary/aromatic N) is 1. The summed E-state index contributed by atoms with van der Waals surface area (Å²) in [6.45, 7) is 0. The zero-order valence-corrected chi connectivity index (χ0v) is 26.3. The molecule has 0 fully saturated rings. The normalized spacial score (nSPS) is 13.5. The quantitative estimate of drug-likeness (QED) is 0.188. The fraction of sp³-hybridized carbons (Fsp3) is 0.0222. The van der Waals surface area contributed by atoms with Crippen LogP contribution in [0.15, 0.2) is 182 Å². The lowest BCUT2D eigenvalue weighted by Crippen LogP contribution is -2.10. The summed E-state index contributed by atoms with van der Waals surface area (Å²) in [6, 6.07) is 64.6. The van der Waals surface area contributed by atoms with Crippen LogP contribution in [-0.4, -0.2) is 0 Å². The third-order valence-corrected chi connectivity index (χ3v) is 9.29. The summed E-state index contributed by atoms with van der Waals surface area (Å²) in [6.07, 6.45) is -0.229. The average molecular weight is 617 g/mol. The lowest BCUT2D eigenvalue weighted by molar-refractivity contribution is 0.263. The molecule has 1 unspecified atom stereocenters. The van der Waals surface area contributed by atoms with Gasteiger partial charge in [0.05, 0.1) is 5.69 Å². The molecule has 1 heterocycles. The molecule has 9 rings (SSSR count). The summed E-state index contributed by atoms with van der Waals surface area (Å²) in [7, 11) is 0. The number of anilines is 4. The van der Waals surface area contributed by atoms with Gasteiger partial charge >= 0.3 is 0 Å². The Kier molecular flexibility index (Phi) is 6.87. The summed E-state index contributed by atoms with van der Waals surface area (Å²) in [4.78, 5) is 2.34. The first kappa shape index (κ1) is 27.9. The molecule has 0 spiro atoms. The minimum Gasteiger partial charge on any atom is -0.464 e. The fourth-order valence-corrected chi connectivity index (χ4v) is 6.86. The van der Waals surface area contributed by atoms with Crippen LogP contribution in [0.3, 0.4) is 0 Å². The molecule has 228 valence electrons. The van der Waals surface area contributed by atoms with E-state index in [-0.39, 0.29) is 6.23 Å². The van der Waals surface area contributed by atoms with E-state index in [1.54, 1.807) is 0 Å². The number of nitrogens with one attached hydrogen (secondary N) is 1. The number of hydrogen-bond acceptors (Lipinski definition) is 3. The number of benzene rings is 8. The molecule has 0 amide bonds. The molecular formula is C45H32N2O. The third kappa shape index (κ3) is 5.03. The molecule has 1 aliphatic rings. The fourth-order valence-electron chi connectivity index (χ4n) is 6.86. The van der Waals surface area contributed by atoms with Gasteiger partial charge in [0.2, 0.25) is 0 Å². The monoisotopic (exact) mass is 616 g/mol. The highest BCUT2D eigenvalue weighted by Crippen LogP contribution is 2.47. The molecular weight excluding hydrogens is 585 g/mol. The highest BCUT2D eigenvalue weighted by molar-refractivity contribution is 6.14. The first-order chi connectivity index (χ1) is 23.8. The zero-order chi connectivity index (χ0) is 31.9. The van der Waals surface area contributed by atoms with E-state index in [4.69, 9.17) is 4.74 Å². The van der Waals surface area contributed by atoms with Gasteiger partial charge in [-0.3, -0.25) is 0 Å². The SMILES string of the molecule is c1ccc(-c2ccc(N(c3ccc(-c4ccccc4)cc3)c3ccc4ccc5ccc6c(c5c4c3)OC(c3ccccc3)N6)cc2)cc1. The molecule has 8 aromatic rings. The van der Waals surface area contributed by atoms with Crippen LogP contribution in [0.4, 0.5) is 22.7 Å². The van der Waals surface area contributed by atoms with Gasteiger partial charge in [-0.05, 0) is 80.9 Å². The lowest BCUT2D eigenvalue weighted by Gasteiger charge is -2.26. The minimum atomic E-state index is -0.229. The van der Waals surface area contributed by atoms with Crippen LogP contribution in [-0.2, 0) is 0 Å². The molecule has 0 aromatic heterocycles. The van der Waals surface area contributed by atoms with Crippen LogP contribution < -0.4 is 15.0 Å². The Morgan fingerprint density at radius 3 is 1.52 bits per heavy atom. The van der Waals surface area contributed by atoms with Crippen molar-refractivity contribution in [3.8, 4) is 28.0 Å². The van der Waals surface area contributed by atoms with Crippen molar-refractivity contribution in [2.75, 3.05) is 10.2 Å². The Bertz CT molecular complexity index is 2290. The molecule has 0 radical (unpaired) electrons. The Morgan fingerprint density at radius 2 is 0.917 bits per heavy atom. The molecule has 1 N–H and O–H groups in total. The second-order valence-electron chi connectivity index (χ2n) is 12.2. The van der Waals surface area contributed by atoms with Crippen molar-refractivity contribution < 1.29 is 4.74 Å². The molecule has 3 heteroatoms. The Hall–Kier alpha value is -6.32. The number of hydrogen-bond donors (Lipinski definition) is 1. The summed E-state index contributed by atoms with van der Waals surface area (Å²) in [5.41, 5.74) is 10.2. The van der Waals surface area contributed by atoms with Gasteiger partial charge in [-0.1, -0.05) is 140 Å². The van der Waals surface area contributed by atoms with E-state index in [0.29, 0.717) is 0 Å². The van der Waals surface area contributed by atoms with Crippen molar-refractivity contribution in [1.29, 1.82) is 0 Å². The van der Waals surface area contributed by atoms with E-state index in [1.807, 2.05) is 6.07 Å². The first-order valence-corrected chi connectivity index (χ1v) is 16.4. The Morgan fingerprint density at radius 1 is 0.438 bits per heavy atom. The largest absolute Gasteiger partial charge is 0.464 e. The van der Waals surface area contributed by atoms with Gasteiger partial charge in [-0.15, -0.1) is 0 Å². The first-order valence-electron chi connectivity index (χ1n) is 16.4. The Labute approximate surface area is 280 Å². The van der Waals surface area contributed by atoms with Crippen LogP contribution >= 0.6 is 0 Å². The summed E-state index contributed by atoms with van der Waals surface area (Å²) < 4.78 is 6.67. The molecule has 0 saturated carbocycles. The predicted octanol–water partition coefficient (Wildman–Crippen LogP) is 12.3. The van der Waals surface area contributed by atoms with E-state index >= 15 is 0 Å². The second-order valence-corrected chi connectivity index (χ2v) is 12.2. The second kappa shape index (κ2) is 11.8. The lowest BCUT2D eigenvalue weighted by atomic mass is 9.99. The maximum Gasteiger partial charge on any atom is 0.196 e. The van der Waals surface area contributed by atoms with E-state index in [9.17, 15) is 0 Å². The van der Waals surface area contributed by atoms with Gasteiger partial charge < -0.3 is 15.0 Å². The smallest absolute Gasteiger partial charge is 0.196 e. The van der Waals surface area contributed by atoms with Crippen molar-refractivity contribution >= 4 is 44.3 Å². The standard InChI is InChI=1S/C45H32N2O/c1-4-10-31(11-5-1)33-18-24-38(25-19-33)47(39-26-20-34(21-27-39)32-12-6-2-7-13-32)40-28-22-35-16-17-36-23-29-42-44(43(36)41(35)30-40)48-45(46-42)37-14-8-3-9-15-37/h1-30,45-46H. The average Bonchev–Trinajstić information content (AvgIpc) is 3.61. The topological polar surface area (TPSA) is 24.5 Å². The van der Waals surface area contributed by atoms with Gasteiger partial charge in [-0.2, -0.15) is 0 Å². The molecule has 3 nitrogen and oxygen atoms in total. The van der Waals surface area contributed by atoms with E-state index in [1.165, 1.54) is 27.6 Å². The maximum atomic E-state index is 6.67. The van der Waals surface area contributed by atoms with Crippen molar-refractivity contribution in [3.63, 3.8) is 0 Å². The molecule has 1 atom stereocenters. The maximum absolute atomic E-state index is 6.67. The molecule has 0 saturated heterocycles. The highest BCUT2D eigenvalue weighted by Gasteiger charge is 2.26. The van der Waals surface area contributed by atoms with Crippen molar-refractivity contribution in [3.05, 3.63) is 188 Å². The van der Waals surface area contributed by atoms with Gasteiger partial charge in [0.15, 0.2) is 12.0 Å². The third-order valence-electron chi connectivity index (χ3n) is 9.29. The summed E-state index contributed by atoms with van der Waals surface area (Å²) >= 11 is 0. The molecule has 8 aromatic carbocycles. The van der Waals surface area contributed by atoms with Crippen LogP contribution in [0.25, 0.3) is 43.8 Å². The molecule has 0 bridgehead atoms. The van der Waals surface area contributed by atoms with Gasteiger partial charge in [-0.25, -0.2) is 0 Å². The van der Waals surface area contributed by atoms with Gasteiger partial charge in [0.1, 0.15) is 0 Å². The Balaban J connectivity index is 1.18. The van der Waals surface area contributed by atoms with E-state index < -0.39 is 0 Å². The van der Waals surface area contributed by atoms with Gasteiger partial charge in [0, 0.05) is 28.0 Å². The van der Waals surface area contributed by atoms with Crippen molar-refractivity contribution in [2.24, 2.45) is 0 Å². The number of ether oxygens (including phenoxy) is 1. The van der Waals surface area contributed by atoms with Crippen LogP contribution in [0.5, 0.6) is 5.75 Å². The summed E-state index contributed by atoms with van der Waals surface area (Å²) in [5, 5.41) is 8.20. The predicted molar refractivity (Wildman–Crippen MR) is 200 cm³/mol. The van der Waals surface area contributed by atoms with E-state index in [2.05, 4.69) is 186 Å². The number of fused-ring (bicyclic) bond motifs is 5. The van der Waals surface area contributed by atoms with E-state index in [0.717, 1.165) is 50.2 Å². The molecule has 48 heavy (non-hydrogen) atoms. The number of rotatable bonds is 6. The highest BCUT2D eigenvalue weighted by atomic mass is 16.5. The minimum absolute atomic E-state index is 0.229. The van der Waals surface area contributed by atoms with Crippen molar-refractivity contribution in [1.82, 2.24) is 0 Å². The molecule has 0 aliphatic carbocycles.